The molecule has 94 valence electrons. The molecule has 1 fully saturated rings. The molecule has 2 rings (SSSR count). The van der Waals surface area contributed by atoms with Crippen molar-refractivity contribution in [2.75, 3.05) is 6.54 Å². The molecule has 1 saturated heterocycles. The van der Waals surface area contributed by atoms with Crippen LogP contribution < -0.4 is 5.32 Å². The summed E-state index contributed by atoms with van der Waals surface area (Å²) in [4.78, 5) is 16.1. The molecule has 0 amide bonds. The molecule has 1 aromatic rings. The lowest BCUT2D eigenvalue weighted by Gasteiger charge is -2.11. The van der Waals surface area contributed by atoms with Crippen LogP contribution in [0.25, 0.3) is 0 Å². The van der Waals surface area contributed by atoms with E-state index >= 15 is 0 Å². The van der Waals surface area contributed by atoms with E-state index < -0.39 is 12.1 Å². The summed E-state index contributed by atoms with van der Waals surface area (Å²) < 4.78 is 5.39. The minimum atomic E-state index is -0.856. The zero-order valence-electron chi connectivity index (χ0n) is 9.68. The first-order valence-corrected chi connectivity index (χ1v) is 6.47. The Balaban J connectivity index is 1.68. The van der Waals surface area contributed by atoms with Crippen LogP contribution in [-0.2, 0) is 16.1 Å². The van der Waals surface area contributed by atoms with E-state index in [1.807, 2.05) is 13.1 Å². The van der Waals surface area contributed by atoms with E-state index in [0.717, 1.165) is 18.0 Å². The number of ether oxygens (including phenoxy) is 1. The highest BCUT2D eigenvalue weighted by Crippen LogP contribution is 2.19. The van der Waals surface area contributed by atoms with Gasteiger partial charge in [-0.2, -0.15) is 0 Å². The van der Waals surface area contributed by atoms with E-state index in [4.69, 9.17) is 9.84 Å². The van der Waals surface area contributed by atoms with E-state index in [2.05, 4.69) is 10.3 Å². The predicted octanol–water partition coefficient (Wildman–Crippen LogP) is 1.17. The Morgan fingerprint density at radius 3 is 3.12 bits per heavy atom. The summed E-state index contributed by atoms with van der Waals surface area (Å²) in [6.45, 7) is 3.44. The van der Waals surface area contributed by atoms with Gasteiger partial charge in [-0.1, -0.05) is 0 Å². The quantitative estimate of drug-likeness (QED) is 0.827. The molecule has 0 spiro atoms. The second-order valence-corrected chi connectivity index (χ2v) is 5.46. The molecule has 0 saturated carbocycles. The number of carboxylic acids is 1. The van der Waals surface area contributed by atoms with Crippen LogP contribution in [0.1, 0.15) is 22.7 Å². The fraction of sp³-hybridized carbons (Fsp3) is 0.636. The first-order valence-electron chi connectivity index (χ1n) is 5.65. The molecule has 0 aromatic carbocycles. The van der Waals surface area contributed by atoms with Gasteiger partial charge >= 0.3 is 5.97 Å². The fourth-order valence-corrected chi connectivity index (χ4v) is 2.65. The number of nitrogens with zero attached hydrogens (tertiary/aromatic N) is 1. The summed E-state index contributed by atoms with van der Waals surface area (Å²) in [5.41, 5.74) is 0. The zero-order chi connectivity index (χ0) is 12.3. The molecule has 1 aliphatic rings. The van der Waals surface area contributed by atoms with Crippen molar-refractivity contribution in [1.29, 1.82) is 0 Å². The van der Waals surface area contributed by atoms with Gasteiger partial charge in [0.15, 0.2) is 6.10 Å². The van der Waals surface area contributed by atoms with Crippen molar-refractivity contribution >= 4 is 17.3 Å². The number of nitrogens with one attached hydrogen (secondary N) is 1. The maximum Gasteiger partial charge on any atom is 0.332 e. The van der Waals surface area contributed by atoms with E-state index in [9.17, 15) is 4.79 Å². The molecule has 2 N–H and O–H groups in total. The maximum absolute atomic E-state index is 10.7. The lowest BCUT2D eigenvalue weighted by molar-refractivity contribution is -0.149. The number of aromatic nitrogens is 1. The molecule has 0 aliphatic carbocycles. The second-order valence-electron chi connectivity index (χ2n) is 4.14. The van der Waals surface area contributed by atoms with Crippen molar-refractivity contribution in [3.8, 4) is 0 Å². The van der Waals surface area contributed by atoms with Crippen LogP contribution in [-0.4, -0.2) is 34.8 Å². The van der Waals surface area contributed by atoms with E-state index in [1.165, 1.54) is 4.88 Å². The highest BCUT2D eigenvalue weighted by molar-refractivity contribution is 7.11. The third-order valence-corrected chi connectivity index (χ3v) is 3.64. The topological polar surface area (TPSA) is 71.5 Å². The average molecular weight is 256 g/mol. The molecule has 5 nitrogen and oxygen atoms in total. The van der Waals surface area contributed by atoms with Crippen molar-refractivity contribution in [2.45, 2.75) is 38.5 Å². The third-order valence-electron chi connectivity index (χ3n) is 2.72. The molecule has 1 aliphatic heterocycles. The monoisotopic (exact) mass is 256 g/mol. The number of aliphatic carboxylic acids is 1. The first kappa shape index (κ1) is 12.5. The number of hydrogen-bond donors (Lipinski definition) is 2. The summed E-state index contributed by atoms with van der Waals surface area (Å²) in [5.74, 6) is -0.856. The average Bonchev–Trinajstić information content (AvgIpc) is 2.88. The Morgan fingerprint density at radius 1 is 1.71 bits per heavy atom. The van der Waals surface area contributed by atoms with Gasteiger partial charge < -0.3 is 15.2 Å². The minimum absolute atomic E-state index is 0.0186. The van der Waals surface area contributed by atoms with Crippen molar-refractivity contribution in [2.24, 2.45) is 0 Å². The van der Waals surface area contributed by atoms with E-state index in [0.29, 0.717) is 13.0 Å². The standard InChI is InChI=1S/C11H16N2O3S/c1-7-13-6-9(17-7)5-12-4-8-2-3-10(16-8)11(14)15/h6,8,10,12H,2-5H2,1H3,(H,14,15). The Kier molecular flexibility index (Phi) is 4.09. The van der Waals surface area contributed by atoms with Gasteiger partial charge in [-0.25, -0.2) is 9.78 Å². The van der Waals surface area contributed by atoms with Gasteiger partial charge in [0, 0.05) is 24.2 Å². The second kappa shape index (κ2) is 5.57. The summed E-state index contributed by atoms with van der Waals surface area (Å²) >= 11 is 1.67. The van der Waals surface area contributed by atoms with Crippen LogP contribution in [0.3, 0.4) is 0 Å². The van der Waals surface area contributed by atoms with Gasteiger partial charge in [-0.05, 0) is 19.8 Å². The molecule has 2 atom stereocenters. The van der Waals surface area contributed by atoms with Crippen LogP contribution >= 0.6 is 11.3 Å². The smallest absolute Gasteiger partial charge is 0.332 e. The minimum Gasteiger partial charge on any atom is -0.479 e. The number of hydrogen-bond acceptors (Lipinski definition) is 5. The predicted molar refractivity (Wildman–Crippen MR) is 64.1 cm³/mol. The van der Waals surface area contributed by atoms with Crippen LogP contribution in [0, 0.1) is 6.92 Å². The van der Waals surface area contributed by atoms with Gasteiger partial charge in [0.05, 0.1) is 11.1 Å². The number of carbonyl (C=O) groups is 1. The highest BCUT2D eigenvalue weighted by Gasteiger charge is 2.29. The van der Waals surface area contributed by atoms with Crippen molar-refractivity contribution in [3.05, 3.63) is 16.1 Å². The normalized spacial score (nSPS) is 24.1. The first-order chi connectivity index (χ1) is 8.15. The molecule has 6 heteroatoms. The van der Waals surface area contributed by atoms with Gasteiger partial charge in [-0.3, -0.25) is 0 Å². The highest BCUT2D eigenvalue weighted by atomic mass is 32.1. The molecule has 0 radical (unpaired) electrons. The van der Waals surface area contributed by atoms with Gasteiger partial charge in [0.2, 0.25) is 0 Å². The lowest BCUT2D eigenvalue weighted by Crippen LogP contribution is -2.28. The van der Waals surface area contributed by atoms with E-state index in [-0.39, 0.29) is 6.10 Å². The Morgan fingerprint density at radius 2 is 2.53 bits per heavy atom. The van der Waals surface area contributed by atoms with Crippen LogP contribution in [0.15, 0.2) is 6.20 Å². The van der Waals surface area contributed by atoms with Gasteiger partial charge in [-0.15, -0.1) is 11.3 Å². The van der Waals surface area contributed by atoms with Crippen molar-refractivity contribution in [1.82, 2.24) is 10.3 Å². The molecule has 1 aromatic heterocycles. The summed E-state index contributed by atoms with van der Waals surface area (Å²) in [6, 6.07) is 0. The molecule has 0 bridgehead atoms. The SMILES string of the molecule is Cc1ncc(CNCC2CCC(C(=O)O)O2)s1. The van der Waals surface area contributed by atoms with Crippen LogP contribution in [0.5, 0.6) is 0 Å². The molecular weight excluding hydrogens is 240 g/mol. The largest absolute Gasteiger partial charge is 0.479 e. The lowest BCUT2D eigenvalue weighted by atomic mass is 10.2. The number of rotatable bonds is 5. The number of aryl methyl sites for hydroxylation is 1. The van der Waals surface area contributed by atoms with Gasteiger partial charge in [0.25, 0.3) is 0 Å². The number of carboxylic acid groups (broad SMARTS) is 1. The Hall–Kier alpha value is -0.980. The van der Waals surface area contributed by atoms with E-state index in [1.54, 1.807) is 11.3 Å². The summed E-state index contributed by atoms with van der Waals surface area (Å²) in [5, 5.41) is 13.1. The molecule has 2 unspecified atom stereocenters. The third kappa shape index (κ3) is 3.49. The summed E-state index contributed by atoms with van der Waals surface area (Å²) in [7, 11) is 0. The molecule has 2 heterocycles. The fourth-order valence-electron chi connectivity index (χ4n) is 1.88. The number of thiazole rings is 1. The maximum atomic E-state index is 10.7. The Bertz CT molecular complexity index is 394. The molecular formula is C11H16N2O3S. The van der Waals surface area contributed by atoms with Crippen molar-refractivity contribution in [3.63, 3.8) is 0 Å². The van der Waals surface area contributed by atoms with Crippen LogP contribution in [0.4, 0.5) is 0 Å². The van der Waals surface area contributed by atoms with Crippen molar-refractivity contribution < 1.29 is 14.6 Å². The molecule has 17 heavy (non-hydrogen) atoms. The Labute approximate surface area is 104 Å². The van der Waals surface area contributed by atoms with Crippen LogP contribution in [0.2, 0.25) is 0 Å². The van der Waals surface area contributed by atoms with Gasteiger partial charge in [0.1, 0.15) is 0 Å². The zero-order valence-corrected chi connectivity index (χ0v) is 10.5. The summed E-state index contributed by atoms with van der Waals surface area (Å²) in [6.07, 6.45) is 2.69.